The second-order valence-corrected chi connectivity index (χ2v) is 9.05. The summed E-state index contributed by atoms with van der Waals surface area (Å²) < 4.78 is 65.0. The molecule has 30 heavy (non-hydrogen) atoms. The zero-order chi connectivity index (χ0) is 22.1. The molecule has 3 rings (SSSR count). The summed E-state index contributed by atoms with van der Waals surface area (Å²) in [4.78, 5) is 0.250. The van der Waals surface area contributed by atoms with E-state index in [9.17, 15) is 21.6 Å². The number of alkyl halides is 3. The van der Waals surface area contributed by atoms with E-state index in [0.29, 0.717) is 17.8 Å². The van der Waals surface area contributed by atoms with E-state index in [1.807, 2.05) is 0 Å². The molecule has 0 saturated heterocycles. The van der Waals surface area contributed by atoms with Crippen LogP contribution in [0.4, 0.5) is 18.9 Å². The largest absolute Gasteiger partial charge is 0.435 e. The molecule has 160 valence electrons. The maximum absolute atomic E-state index is 12.7. The van der Waals surface area contributed by atoms with Gasteiger partial charge >= 0.3 is 6.18 Å². The Morgan fingerprint density at radius 3 is 2.27 bits per heavy atom. The molecule has 0 aliphatic carbocycles. The zero-order valence-electron chi connectivity index (χ0n) is 16.6. The van der Waals surface area contributed by atoms with Crippen LogP contribution in [0.2, 0.25) is 0 Å². The van der Waals surface area contributed by atoms with Gasteiger partial charge in [0.15, 0.2) is 5.69 Å². The third-order valence-electron chi connectivity index (χ3n) is 4.51. The van der Waals surface area contributed by atoms with Gasteiger partial charge in [0.2, 0.25) is 10.0 Å². The number of benzene rings is 2. The Balaban J connectivity index is 1.68. The quantitative estimate of drug-likeness (QED) is 0.630. The Morgan fingerprint density at radius 1 is 1.07 bits per heavy atom. The second kappa shape index (κ2) is 8.11. The Morgan fingerprint density at radius 2 is 1.73 bits per heavy atom. The topological polar surface area (TPSA) is 67.2 Å². The Bertz CT molecular complexity index is 1140. The van der Waals surface area contributed by atoms with E-state index in [1.54, 1.807) is 49.4 Å². The van der Waals surface area contributed by atoms with E-state index < -0.39 is 21.9 Å². The van der Waals surface area contributed by atoms with Crippen LogP contribution in [0.3, 0.4) is 0 Å². The number of hydrogen-bond acceptors (Lipinski definition) is 4. The van der Waals surface area contributed by atoms with Gasteiger partial charge in [-0.05, 0) is 54.4 Å². The molecule has 1 heterocycles. The smallest absolute Gasteiger partial charge is 0.381 e. The number of nitrogens with one attached hydrogen (secondary N) is 1. The van der Waals surface area contributed by atoms with Gasteiger partial charge in [-0.25, -0.2) is 17.4 Å². The molecule has 0 aliphatic heterocycles. The molecule has 0 spiro atoms. The lowest BCUT2D eigenvalue weighted by Gasteiger charge is -2.15. The van der Waals surface area contributed by atoms with Gasteiger partial charge in [-0.2, -0.15) is 18.3 Å². The van der Waals surface area contributed by atoms with Crippen molar-refractivity contribution in [2.75, 3.05) is 19.4 Å². The van der Waals surface area contributed by atoms with Crippen LogP contribution in [0.25, 0.3) is 5.69 Å². The first-order valence-electron chi connectivity index (χ1n) is 8.98. The lowest BCUT2D eigenvalue weighted by molar-refractivity contribution is -0.141. The number of nitrogens with zero attached hydrogens (tertiary/aromatic N) is 3. The average molecular weight is 438 g/mol. The molecule has 0 radical (unpaired) electrons. The first kappa shape index (κ1) is 21.8. The first-order chi connectivity index (χ1) is 14.0. The molecule has 0 aliphatic rings. The van der Waals surface area contributed by atoms with Gasteiger partial charge in [0.25, 0.3) is 0 Å². The van der Waals surface area contributed by atoms with E-state index in [4.69, 9.17) is 0 Å². The van der Waals surface area contributed by atoms with Crippen molar-refractivity contribution in [3.05, 3.63) is 71.5 Å². The molecule has 0 atom stereocenters. The molecule has 0 bridgehead atoms. The van der Waals surface area contributed by atoms with Gasteiger partial charge in [-0.15, -0.1) is 0 Å². The van der Waals surface area contributed by atoms with Crippen LogP contribution in [0.15, 0.2) is 59.6 Å². The maximum atomic E-state index is 12.7. The molecule has 2 aromatic carbocycles. The fourth-order valence-corrected chi connectivity index (χ4v) is 3.93. The second-order valence-electron chi connectivity index (χ2n) is 6.93. The minimum absolute atomic E-state index is 0.250. The van der Waals surface area contributed by atoms with Crippen LogP contribution in [-0.2, 0) is 22.7 Å². The summed E-state index contributed by atoms with van der Waals surface area (Å²) >= 11 is 0. The fraction of sp³-hybridized carbons (Fsp3) is 0.250. The van der Waals surface area contributed by atoms with Crippen molar-refractivity contribution in [1.29, 1.82) is 0 Å². The Hall–Kier alpha value is -2.85. The number of aromatic nitrogens is 2. The van der Waals surface area contributed by atoms with Gasteiger partial charge in [-0.1, -0.05) is 12.1 Å². The fourth-order valence-electron chi connectivity index (χ4n) is 2.84. The maximum Gasteiger partial charge on any atom is 0.435 e. The van der Waals surface area contributed by atoms with E-state index in [2.05, 4.69) is 10.4 Å². The summed E-state index contributed by atoms with van der Waals surface area (Å²) in [6.45, 7) is 2.20. The van der Waals surface area contributed by atoms with Crippen molar-refractivity contribution in [2.45, 2.75) is 24.5 Å². The molecular formula is C20H21F3N4O2S. The van der Waals surface area contributed by atoms with Crippen molar-refractivity contribution >= 4 is 15.7 Å². The minimum atomic E-state index is -4.48. The highest BCUT2D eigenvalue weighted by Gasteiger charge is 2.33. The summed E-state index contributed by atoms with van der Waals surface area (Å²) in [7, 11) is -0.535. The number of rotatable bonds is 6. The molecule has 0 amide bonds. The predicted molar refractivity (Wildman–Crippen MR) is 108 cm³/mol. The molecule has 0 fully saturated rings. The third-order valence-corrected chi connectivity index (χ3v) is 6.49. The number of hydrogen-bond donors (Lipinski definition) is 1. The standard InChI is InChI=1S/C20H21F3N4O2S/c1-14-12-16(6-9-18(14)30(28,29)26(2)3)24-13-15-4-7-17(8-5-15)27-11-10-19(25-27)20(21,22)23/h4-12,24H,13H2,1-3H3. The third kappa shape index (κ3) is 4.65. The van der Waals surface area contributed by atoms with Crippen molar-refractivity contribution in [3.63, 3.8) is 0 Å². The average Bonchev–Trinajstić information content (AvgIpc) is 3.17. The van der Waals surface area contributed by atoms with Gasteiger partial charge in [-0.3, -0.25) is 0 Å². The highest BCUT2D eigenvalue weighted by Crippen LogP contribution is 2.28. The number of sulfonamides is 1. The van der Waals surface area contributed by atoms with E-state index in [0.717, 1.165) is 17.3 Å². The molecule has 0 unspecified atom stereocenters. The van der Waals surface area contributed by atoms with Crippen LogP contribution in [0.1, 0.15) is 16.8 Å². The summed E-state index contributed by atoms with van der Waals surface area (Å²) in [5.41, 5.74) is 1.87. The molecule has 3 aromatic rings. The molecule has 6 nitrogen and oxygen atoms in total. The van der Waals surface area contributed by atoms with Crippen LogP contribution in [0.5, 0.6) is 0 Å². The lowest BCUT2D eigenvalue weighted by Crippen LogP contribution is -2.23. The summed E-state index contributed by atoms with van der Waals surface area (Å²) in [6, 6.07) is 12.9. The van der Waals surface area contributed by atoms with Crippen LogP contribution in [-0.4, -0.2) is 36.6 Å². The SMILES string of the molecule is Cc1cc(NCc2ccc(-n3ccc(C(F)(F)F)n3)cc2)ccc1S(=O)(=O)N(C)C. The summed E-state index contributed by atoms with van der Waals surface area (Å²) in [5.74, 6) is 0. The highest BCUT2D eigenvalue weighted by atomic mass is 32.2. The van der Waals surface area contributed by atoms with Gasteiger partial charge < -0.3 is 5.32 Å². The number of anilines is 1. The monoisotopic (exact) mass is 438 g/mol. The van der Waals surface area contributed by atoms with Gasteiger partial charge in [0.05, 0.1) is 10.6 Å². The van der Waals surface area contributed by atoms with Gasteiger partial charge in [0.1, 0.15) is 0 Å². The van der Waals surface area contributed by atoms with Crippen molar-refractivity contribution in [1.82, 2.24) is 14.1 Å². The first-order valence-corrected chi connectivity index (χ1v) is 10.4. The molecule has 1 N–H and O–H groups in total. The highest BCUT2D eigenvalue weighted by molar-refractivity contribution is 7.89. The van der Waals surface area contributed by atoms with Crippen LogP contribution >= 0.6 is 0 Å². The van der Waals surface area contributed by atoms with Crippen molar-refractivity contribution < 1.29 is 21.6 Å². The molecule has 10 heteroatoms. The predicted octanol–water partition coefficient (Wildman–Crippen LogP) is 4.06. The zero-order valence-corrected chi connectivity index (χ0v) is 17.4. The molecule has 1 aromatic heterocycles. The number of halogens is 3. The van der Waals surface area contributed by atoms with Crippen molar-refractivity contribution in [2.24, 2.45) is 0 Å². The molecular weight excluding hydrogens is 417 g/mol. The minimum Gasteiger partial charge on any atom is -0.381 e. The Kier molecular flexibility index (Phi) is 5.91. The summed E-state index contributed by atoms with van der Waals surface area (Å²) in [5, 5.41) is 6.76. The normalized spacial score (nSPS) is 12.4. The summed E-state index contributed by atoms with van der Waals surface area (Å²) in [6.07, 6.45) is -3.21. The van der Waals surface area contributed by atoms with Crippen molar-refractivity contribution in [3.8, 4) is 5.69 Å². The lowest BCUT2D eigenvalue weighted by atomic mass is 10.2. The Labute approximate surface area is 173 Å². The van der Waals surface area contributed by atoms with Crippen LogP contribution < -0.4 is 5.32 Å². The van der Waals surface area contributed by atoms with E-state index >= 15 is 0 Å². The number of aryl methyl sites for hydroxylation is 1. The molecule has 0 saturated carbocycles. The van der Waals surface area contributed by atoms with Crippen LogP contribution in [0, 0.1) is 6.92 Å². The van der Waals surface area contributed by atoms with E-state index in [-0.39, 0.29) is 4.90 Å². The van der Waals surface area contributed by atoms with E-state index in [1.165, 1.54) is 29.3 Å². The van der Waals surface area contributed by atoms with Gasteiger partial charge in [0, 0.05) is 32.5 Å².